The van der Waals surface area contributed by atoms with Crippen molar-refractivity contribution in [3.8, 4) is 5.75 Å². The highest BCUT2D eigenvalue weighted by Crippen LogP contribution is 2.43. The summed E-state index contributed by atoms with van der Waals surface area (Å²) in [7, 11) is -3.83. The van der Waals surface area contributed by atoms with Crippen LogP contribution < -0.4 is 20.9 Å². The molecule has 0 aliphatic rings. The van der Waals surface area contributed by atoms with Crippen molar-refractivity contribution in [1.29, 1.82) is 0 Å². The summed E-state index contributed by atoms with van der Waals surface area (Å²) in [5.41, 5.74) is -0.124. The normalized spacial score (nSPS) is 13.4. The highest BCUT2D eigenvalue weighted by molar-refractivity contribution is 7.91. The molecule has 0 radical (unpaired) electrons. The maximum Gasteiger partial charge on any atom is 0.253 e. The van der Waals surface area contributed by atoms with E-state index >= 15 is 0 Å². The van der Waals surface area contributed by atoms with Gasteiger partial charge in [-0.1, -0.05) is 27.7 Å². The van der Waals surface area contributed by atoms with Gasteiger partial charge in [0, 0.05) is 11.9 Å². The first kappa shape index (κ1) is 23.5. The summed E-state index contributed by atoms with van der Waals surface area (Å²) in [6.07, 6.45) is 0. The second-order valence-electron chi connectivity index (χ2n) is 7.96. The zero-order valence-electron chi connectivity index (χ0n) is 17.8. The smallest absolute Gasteiger partial charge is 0.253 e. The molecule has 3 aromatic rings. The maximum absolute atomic E-state index is 12.3. The molecule has 0 saturated heterocycles. The number of anilines is 3. The minimum Gasteiger partial charge on any atom is -0.504 e. The molecule has 0 bridgehead atoms. The largest absolute Gasteiger partial charge is 0.504 e. The second-order valence-corrected chi connectivity index (χ2v) is 11.3. The molecule has 3 heterocycles. The summed E-state index contributed by atoms with van der Waals surface area (Å²) >= 11 is 1.81. The highest BCUT2D eigenvalue weighted by Gasteiger charge is 2.32. The topological polar surface area (TPSA) is 147 Å². The van der Waals surface area contributed by atoms with Gasteiger partial charge >= 0.3 is 0 Å². The Labute approximate surface area is 189 Å². The number of aryl methyl sites for hydroxylation is 1. The molecule has 13 heteroatoms. The number of nitrogens with two attached hydrogens (primary N) is 1. The van der Waals surface area contributed by atoms with Gasteiger partial charge in [-0.15, -0.1) is 11.3 Å². The summed E-state index contributed by atoms with van der Waals surface area (Å²) in [6, 6.07) is 3.56. The summed E-state index contributed by atoms with van der Waals surface area (Å²) in [6.45, 7) is 9.91. The van der Waals surface area contributed by atoms with E-state index in [4.69, 9.17) is 10.3 Å². The molecule has 0 aliphatic carbocycles. The van der Waals surface area contributed by atoms with Crippen LogP contribution in [0.3, 0.4) is 0 Å². The quantitative estimate of drug-likeness (QED) is 0.276. The molecule has 0 spiro atoms. The third-order valence-corrected chi connectivity index (χ3v) is 8.01. The van der Waals surface area contributed by atoms with Crippen LogP contribution in [0.25, 0.3) is 0 Å². The number of sulfonamides is 1. The maximum atomic E-state index is 12.3. The van der Waals surface area contributed by atoms with Gasteiger partial charge in [0.25, 0.3) is 10.0 Å². The van der Waals surface area contributed by atoms with E-state index in [0.29, 0.717) is 5.82 Å². The standard InChI is InChI=1S/C18H26N6O4S3/c1-6-20-31(26,27)17-13(25)11(9-29-17)24(19)16-15(22-30-23-16)21-14(18(3,4)5)12-8-7-10(2)28-12/h7-9,14,20,25H,6,19H2,1-5H3,(H,21,22)/t14-/m0/s1. The molecular weight excluding hydrogens is 460 g/mol. The van der Waals surface area contributed by atoms with Gasteiger partial charge in [-0.3, -0.25) is 5.01 Å². The lowest BCUT2D eigenvalue weighted by Crippen LogP contribution is -2.29. The van der Waals surface area contributed by atoms with Crippen molar-refractivity contribution in [1.82, 2.24) is 13.5 Å². The fourth-order valence-corrected chi connectivity index (χ4v) is 5.82. The van der Waals surface area contributed by atoms with E-state index in [-0.39, 0.29) is 33.7 Å². The summed E-state index contributed by atoms with van der Waals surface area (Å²) < 4.78 is 41.1. The second kappa shape index (κ2) is 8.74. The Morgan fingerprint density at radius 3 is 2.61 bits per heavy atom. The zero-order valence-corrected chi connectivity index (χ0v) is 20.3. The molecule has 10 nitrogen and oxygen atoms in total. The van der Waals surface area contributed by atoms with Crippen molar-refractivity contribution in [2.24, 2.45) is 11.3 Å². The Morgan fingerprint density at radius 2 is 2.03 bits per heavy atom. The highest BCUT2D eigenvalue weighted by atomic mass is 32.2. The first-order valence-corrected chi connectivity index (χ1v) is 12.6. The van der Waals surface area contributed by atoms with Crippen molar-refractivity contribution in [3.05, 3.63) is 29.0 Å². The number of nitrogens with zero attached hydrogens (tertiary/aromatic N) is 3. The van der Waals surface area contributed by atoms with Gasteiger partial charge < -0.3 is 14.8 Å². The number of rotatable bonds is 8. The van der Waals surface area contributed by atoms with Crippen LogP contribution in [0.1, 0.15) is 45.3 Å². The van der Waals surface area contributed by atoms with Gasteiger partial charge in [0.1, 0.15) is 17.2 Å². The van der Waals surface area contributed by atoms with Gasteiger partial charge in [-0.25, -0.2) is 19.0 Å². The Hall–Kier alpha value is -2.19. The number of nitrogens with one attached hydrogen (secondary N) is 2. The lowest BCUT2D eigenvalue weighted by molar-refractivity contribution is 0.300. The number of aromatic nitrogens is 2. The van der Waals surface area contributed by atoms with Crippen LogP contribution in [0.15, 0.2) is 26.1 Å². The first-order valence-electron chi connectivity index (χ1n) is 9.46. The number of hydrogen-bond acceptors (Lipinski definition) is 11. The van der Waals surface area contributed by atoms with E-state index in [1.807, 2.05) is 19.1 Å². The molecule has 0 aliphatic heterocycles. The Kier molecular flexibility index (Phi) is 6.62. The molecule has 0 aromatic carbocycles. The van der Waals surface area contributed by atoms with E-state index in [1.165, 1.54) is 5.38 Å². The lowest BCUT2D eigenvalue weighted by atomic mass is 9.85. The molecule has 5 N–H and O–H groups in total. The minimum absolute atomic E-state index is 0.110. The van der Waals surface area contributed by atoms with E-state index < -0.39 is 15.8 Å². The van der Waals surface area contributed by atoms with E-state index in [1.54, 1.807) is 6.92 Å². The van der Waals surface area contributed by atoms with E-state index in [0.717, 1.165) is 39.6 Å². The first-order chi connectivity index (χ1) is 14.5. The molecule has 3 rings (SSSR count). The van der Waals surface area contributed by atoms with E-state index in [9.17, 15) is 13.5 Å². The van der Waals surface area contributed by atoms with Crippen LogP contribution >= 0.6 is 23.1 Å². The molecule has 3 aromatic heterocycles. The van der Waals surface area contributed by atoms with Gasteiger partial charge in [0.2, 0.25) is 5.82 Å². The van der Waals surface area contributed by atoms with Crippen molar-refractivity contribution in [2.75, 3.05) is 16.9 Å². The van der Waals surface area contributed by atoms with Crippen LogP contribution in [0, 0.1) is 12.3 Å². The molecular formula is C18H26N6O4S3. The Balaban J connectivity index is 1.94. The van der Waals surface area contributed by atoms with E-state index in [2.05, 4.69) is 39.6 Å². The number of aromatic hydroxyl groups is 1. The van der Waals surface area contributed by atoms with Gasteiger partial charge in [-0.05, 0) is 24.5 Å². The Bertz CT molecular complexity index is 1150. The third-order valence-electron chi connectivity index (χ3n) is 4.44. The van der Waals surface area contributed by atoms with Crippen LogP contribution in [0.5, 0.6) is 5.75 Å². The molecule has 1 atom stereocenters. The molecule has 170 valence electrons. The summed E-state index contributed by atoms with van der Waals surface area (Å²) in [5, 5.41) is 16.4. The minimum atomic E-state index is -3.83. The van der Waals surface area contributed by atoms with Crippen molar-refractivity contribution < 1.29 is 17.9 Å². The average Bonchev–Trinajstić information content (AvgIpc) is 3.38. The lowest BCUT2D eigenvalue weighted by Gasteiger charge is -2.30. The van der Waals surface area contributed by atoms with Gasteiger partial charge in [0.05, 0.1) is 17.8 Å². The summed E-state index contributed by atoms with van der Waals surface area (Å²) in [5.74, 6) is 7.96. The fraction of sp³-hybridized carbons (Fsp3) is 0.444. The van der Waals surface area contributed by atoms with Gasteiger partial charge in [-0.2, -0.15) is 8.75 Å². The average molecular weight is 487 g/mol. The van der Waals surface area contributed by atoms with Crippen LogP contribution in [0.2, 0.25) is 0 Å². The predicted octanol–water partition coefficient (Wildman–Crippen LogP) is 3.72. The Morgan fingerprint density at radius 1 is 1.32 bits per heavy atom. The van der Waals surface area contributed by atoms with Crippen LogP contribution in [-0.2, 0) is 10.0 Å². The van der Waals surface area contributed by atoms with Crippen molar-refractivity contribution in [3.63, 3.8) is 0 Å². The van der Waals surface area contributed by atoms with Crippen molar-refractivity contribution >= 4 is 50.4 Å². The van der Waals surface area contributed by atoms with Crippen LogP contribution in [0.4, 0.5) is 17.3 Å². The fourth-order valence-electron chi connectivity index (χ4n) is 2.95. The SMILES string of the molecule is CCNS(=O)(=O)c1scc(N(N)c2nsnc2N[C@@H](c2ccc(C)o2)C(C)(C)C)c1O. The van der Waals surface area contributed by atoms with Crippen LogP contribution in [-0.4, -0.2) is 28.8 Å². The zero-order chi connectivity index (χ0) is 23.0. The summed E-state index contributed by atoms with van der Waals surface area (Å²) in [4.78, 5) is 0. The molecule has 0 amide bonds. The van der Waals surface area contributed by atoms with Gasteiger partial charge in [0.15, 0.2) is 15.8 Å². The molecule has 0 unspecified atom stereocenters. The number of furan rings is 1. The monoisotopic (exact) mass is 486 g/mol. The third kappa shape index (κ3) is 4.85. The molecule has 0 fully saturated rings. The number of hydrazine groups is 1. The number of hydrogen-bond donors (Lipinski definition) is 4. The molecule has 0 saturated carbocycles. The molecule has 31 heavy (non-hydrogen) atoms. The van der Waals surface area contributed by atoms with Crippen molar-refractivity contribution in [2.45, 2.75) is 44.9 Å². The predicted molar refractivity (Wildman–Crippen MR) is 122 cm³/mol. The number of thiophene rings is 1.